The summed E-state index contributed by atoms with van der Waals surface area (Å²) in [5, 5.41) is 11.5. The van der Waals surface area contributed by atoms with Crippen LogP contribution in [0.4, 0.5) is 5.69 Å². The van der Waals surface area contributed by atoms with Crippen LogP contribution in [0.1, 0.15) is 26.3 Å². The van der Waals surface area contributed by atoms with Crippen molar-refractivity contribution in [1.29, 1.82) is 0 Å². The molecule has 2 rings (SSSR count). The summed E-state index contributed by atoms with van der Waals surface area (Å²) in [5.74, 6) is 0.269. The largest absolute Gasteiger partial charge is 0.325 e. The van der Waals surface area contributed by atoms with Crippen LogP contribution in [0.25, 0.3) is 0 Å². The second kappa shape index (κ2) is 6.30. The van der Waals surface area contributed by atoms with E-state index >= 15 is 0 Å². The first-order valence-electron chi connectivity index (χ1n) is 6.74. The van der Waals surface area contributed by atoms with Crippen LogP contribution >= 0.6 is 11.8 Å². The normalized spacial score (nSPS) is 11.4. The average molecular weight is 304 g/mol. The summed E-state index contributed by atoms with van der Waals surface area (Å²) in [6.07, 6.45) is 1.62. The number of para-hydroxylation sites is 1. The molecular weight excluding hydrogens is 284 g/mol. The molecule has 0 unspecified atom stereocenters. The molecule has 1 aromatic heterocycles. The van der Waals surface area contributed by atoms with Crippen LogP contribution in [-0.4, -0.2) is 26.4 Å². The molecule has 0 aliphatic carbocycles. The maximum absolute atomic E-state index is 12.1. The molecule has 0 saturated heterocycles. The smallest absolute Gasteiger partial charge is 0.234 e. The van der Waals surface area contributed by atoms with E-state index in [0.29, 0.717) is 5.75 Å². The van der Waals surface area contributed by atoms with Crippen molar-refractivity contribution in [1.82, 2.24) is 14.8 Å². The molecule has 0 saturated carbocycles. The molecular formula is C15H20N4OS. The molecule has 2 aromatic rings. The standard InChI is InChI=1S/C15H20N4OS/c1-15(2,3)11-7-5-6-8-12(11)17-13(20)9-21-14-18-16-10-19(14)4/h5-8,10H,9H2,1-4H3,(H,17,20). The lowest BCUT2D eigenvalue weighted by atomic mass is 9.86. The van der Waals surface area contributed by atoms with Gasteiger partial charge < -0.3 is 9.88 Å². The van der Waals surface area contributed by atoms with Crippen molar-refractivity contribution in [3.05, 3.63) is 36.2 Å². The summed E-state index contributed by atoms with van der Waals surface area (Å²) in [7, 11) is 1.86. The monoisotopic (exact) mass is 304 g/mol. The van der Waals surface area contributed by atoms with Crippen LogP contribution in [0.3, 0.4) is 0 Å². The highest BCUT2D eigenvalue weighted by Crippen LogP contribution is 2.29. The molecule has 6 heteroatoms. The third-order valence-corrected chi connectivity index (χ3v) is 4.05. The van der Waals surface area contributed by atoms with E-state index in [1.54, 1.807) is 10.9 Å². The van der Waals surface area contributed by atoms with Gasteiger partial charge in [0.15, 0.2) is 5.16 Å². The molecule has 0 radical (unpaired) electrons. The average Bonchev–Trinajstić information content (AvgIpc) is 2.81. The van der Waals surface area contributed by atoms with Gasteiger partial charge in [-0.05, 0) is 17.0 Å². The van der Waals surface area contributed by atoms with E-state index in [1.165, 1.54) is 11.8 Å². The first-order chi connectivity index (χ1) is 9.88. The minimum absolute atomic E-state index is 0.0133. The number of rotatable bonds is 4. The van der Waals surface area contributed by atoms with Crippen LogP contribution in [0.5, 0.6) is 0 Å². The van der Waals surface area contributed by atoms with Crippen LogP contribution in [0.2, 0.25) is 0 Å². The number of thioether (sulfide) groups is 1. The van der Waals surface area contributed by atoms with Gasteiger partial charge in [-0.25, -0.2) is 0 Å². The number of amides is 1. The van der Waals surface area contributed by atoms with Crippen LogP contribution in [-0.2, 0) is 17.3 Å². The summed E-state index contributed by atoms with van der Waals surface area (Å²) in [6.45, 7) is 6.39. The predicted molar refractivity (Wildman–Crippen MR) is 85.5 cm³/mol. The van der Waals surface area contributed by atoms with Crippen molar-refractivity contribution in [2.45, 2.75) is 31.3 Å². The zero-order chi connectivity index (χ0) is 15.5. The zero-order valence-corrected chi connectivity index (χ0v) is 13.6. The van der Waals surface area contributed by atoms with Crippen LogP contribution in [0.15, 0.2) is 35.7 Å². The number of benzene rings is 1. The molecule has 0 fully saturated rings. The molecule has 0 bridgehead atoms. The van der Waals surface area contributed by atoms with Gasteiger partial charge in [0.1, 0.15) is 6.33 Å². The Morgan fingerprint density at radius 3 is 2.67 bits per heavy atom. The molecule has 1 aromatic carbocycles. The Hall–Kier alpha value is -1.82. The Morgan fingerprint density at radius 1 is 1.33 bits per heavy atom. The van der Waals surface area contributed by atoms with Gasteiger partial charge in [0.05, 0.1) is 5.75 Å². The number of hydrogen-bond donors (Lipinski definition) is 1. The number of aryl methyl sites for hydroxylation is 1. The minimum Gasteiger partial charge on any atom is -0.325 e. The fourth-order valence-corrected chi connectivity index (χ4v) is 2.65. The van der Waals surface area contributed by atoms with E-state index in [9.17, 15) is 4.79 Å². The van der Waals surface area contributed by atoms with E-state index in [0.717, 1.165) is 16.4 Å². The highest BCUT2D eigenvalue weighted by atomic mass is 32.2. The fraction of sp³-hybridized carbons (Fsp3) is 0.400. The lowest BCUT2D eigenvalue weighted by Gasteiger charge is -2.22. The Kier molecular flexibility index (Phi) is 4.67. The van der Waals surface area contributed by atoms with Gasteiger partial charge >= 0.3 is 0 Å². The Labute approximate surface area is 129 Å². The second-order valence-electron chi connectivity index (χ2n) is 5.86. The van der Waals surface area contributed by atoms with Crippen LogP contribution < -0.4 is 5.32 Å². The lowest BCUT2D eigenvalue weighted by molar-refractivity contribution is -0.113. The topological polar surface area (TPSA) is 59.8 Å². The van der Waals surface area contributed by atoms with Crippen molar-refractivity contribution < 1.29 is 4.79 Å². The number of aromatic nitrogens is 3. The van der Waals surface area contributed by atoms with Gasteiger partial charge in [0, 0.05) is 12.7 Å². The van der Waals surface area contributed by atoms with Gasteiger partial charge in [-0.1, -0.05) is 50.7 Å². The third-order valence-electron chi connectivity index (χ3n) is 3.01. The van der Waals surface area contributed by atoms with Gasteiger partial charge in [0.2, 0.25) is 5.91 Å². The highest BCUT2D eigenvalue weighted by molar-refractivity contribution is 7.99. The predicted octanol–water partition coefficient (Wildman–Crippen LogP) is 2.84. The molecule has 21 heavy (non-hydrogen) atoms. The molecule has 5 nitrogen and oxygen atoms in total. The van der Waals surface area contributed by atoms with E-state index < -0.39 is 0 Å². The number of hydrogen-bond acceptors (Lipinski definition) is 4. The Morgan fingerprint density at radius 2 is 2.05 bits per heavy atom. The fourth-order valence-electron chi connectivity index (χ4n) is 1.97. The summed E-state index contributed by atoms with van der Waals surface area (Å²) >= 11 is 1.37. The van der Waals surface area contributed by atoms with E-state index in [2.05, 4.69) is 36.3 Å². The highest BCUT2D eigenvalue weighted by Gasteiger charge is 2.18. The summed E-state index contributed by atoms with van der Waals surface area (Å²) in [5.41, 5.74) is 1.98. The maximum atomic E-state index is 12.1. The van der Waals surface area contributed by atoms with Crippen molar-refractivity contribution in [3.63, 3.8) is 0 Å². The van der Waals surface area contributed by atoms with Gasteiger partial charge in [0.25, 0.3) is 0 Å². The third kappa shape index (κ3) is 4.07. The van der Waals surface area contributed by atoms with Crippen molar-refractivity contribution in [2.75, 3.05) is 11.1 Å². The Bertz CT molecular complexity index is 631. The zero-order valence-electron chi connectivity index (χ0n) is 12.8. The first-order valence-corrected chi connectivity index (χ1v) is 7.72. The van der Waals surface area contributed by atoms with E-state index in [4.69, 9.17) is 0 Å². The van der Waals surface area contributed by atoms with Gasteiger partial charge in [-0.15, -0.1) is 10.2 Å². The van der Waals surface area contributed by atoms with Crippen molar-refractivity contribution >= 4 is 23.4 Å². The summed E-state index contributed by atoms with van der Waals surface area (Å²) in [4.78, 5) is 12.1. The first kappa shape index (κ1) is 15.6. The number of nitrogens with zero attached hydrogens (tertiary/aromatic N) is 3. The molecule has 1 heterocycles. The number of nitrogens with one attached hydrogen (secondary N) is 1. The van der Waals surface area contributed by atoms with Crippen molar-refractivity contribution in [3.8, 4) is 0 Å². The van der Waals surface area contributed by atoms with E-state index in [-0.39, 0.29) is 11.3 Å². The molecule has 1 N–H and O–H groups in total. The van der Waals surface area contributed by atoms with Crippen LogP contribution in [0, 0.1) is 0 Å². The Balaban J connectivity index is 2.02. The maximum Gasteiger partial charge on any atom is 0.234 e. The molecule has 0 aliphatic rings. The second-order valence-corrected chi connectivity index (χ2v) is 6.80. The molecule has 0 atom stereocenters. The summed E-state index contributed by atoms with van der Waals surface area (Å²) < 4.78 is 1.79. The number of carbonyl (C=O) groups excluding carboxylic acids is 1. The molecule has 0 spiro atoms. The molecule has 112 valence electrons. The minimum atomic E-state index is -0.0419. The van der Waals surface area contributed by atoms with Gasteiger partial charge in [-0.2, -0.15) is 0 Å². The molecule has 0 aliphatic heterocycles. The number of carbonyl (C=O) groups is 1. The molecule has 1 amide bonds. The quantitative estimate of drug-likeness (QED) is 0.882. The SMILES string of the molecule is Cn1cnnc1SCC(=O)Nc1ccccc1C(C)(C)C. The summed E-state index contributed by atoms with van der Waals surface area (Å²) in [6, 6.07) is 7.90. The van der Waals surface area contributed by atoms with Gasteiger partial charge in [-0.3, -0.25) is 4.79 Å². The number of anilines is 1. The van der Waals surface area contributed by atoms with Crippen molar-refractivity contribution in [2.24, 2.45) is 7.05 Å². The van der Waals surface area contributed by atoms with E-state index in [1.807, 2.05) is 31.3 Å². The lowest BCUT2D eigenvalue weighted by Crippen LogP contribution is -2.20.